The summed E-state index contributed by atoms with van der Waals surface area (Å²) in [6, 6.07) is 13.0. The lowest BCUT2D eigenvalue weighted by Gasteiger charge is -2.26. The Labute approximate surface area is 194 Å². The Bertz CT molecular complexity index is 1080. The van der Waals surface area contributed by atoms with E-state index in [0.717, 1.165) is 5.56 Å². The zero-order valence-electron chi connectivity index (χ0n) is 19.3. The number of nitrogens with zero attached hydrogens (tertiary/aromatic N) is 1. The van der Waals surface area contributed by atoms with Crippen molar-refractivity contribution in [1.82, 2.24) is 4.31 Å². The molecule has 33 heavy (non-hydrogen) atoms. The SMILES string of the molecule is CC(OC(=O)c1ccc(S(=O)(=O)N2CCOCC2)cc1)C(=O)Nc1ccc(C(C)(C)C)cc1. The van der Waals surface area contributed by atoms with Crippen LogP contribution in [-0.4, -0.2) is 57.0 Å². The first-order valence-corrected chi connectivity index (χ1v) is 12.2. The van der Waals surface area contributed by atoms with Gasteiger partial charge in [0.15, 0.2) is 6.10 Å². The van der Waals surface area contributed by atoms with E-state index in [4.69, 9.17) is 9.47 Å². The summed E-state index contributed by atoms with van der Waals surface area (Å²) < 4.78 is 37.2. The van der Waals surface area contributed by atoms with Crippen molar-refractivity contribution < 1.29 is 27.5 Å². The number of anilines is 1. The smallest absolute Gasteiger partial charge is 0.338 e. The topological polar surface area (TPSA) is 102 Å². The molecule has 0 bridgehead atoms. The molecule has 8 nitrogen and oxygen atoms in total. The van der Waals surface area contributed by atoms with E-state index in [1.165, 1.54) is 35.5 Å². The number of morpholine rings is 1. The average molecular weight is 475 g/mol. The molecule has 1 saturated heterocycles. The zero-order chi connectivity index (χ0) is 24.2. The minimum Gasteiger partial charge on any atom is -0.449 e. The summed E-state index contributed by atoms with van der Waals surface area (Å²) in [6.07, 6.45) is -1.03. The summed E-state index contributed by atoms with van der Waals surface area (Å²) in [7, 11) is -3.65. The maximum absolute atomic E-state index is 12.7. The molecular weight excluding hydrogens is 444 g/mol. The van der Waals surface area contributed by atoms with Crippen molar-refractivity contribution in [1.29, 1.82) is 0 Å². The summed E-state index contributed by atoms with van der Waals surface area (Å²) in [4.78, 5) is 25.0. The minimum atomic E-state index is -3.65. The molecule has 0 spiro atoms. The van der Waals surface area contributed by atoms with Gasteiger partial charge in [0.2, 0.25) is 10.0 Å². The van der Waals surface area contributed by atoms with E-state index in [0.29, 0.717) is 18.9 Å². The van der Waals surface area contributed by atoms with E-state index in [1.54, 1.807) is 12.1 Å². The lowest BCUT2D eigenvalue weighted by atomic mass is 9.87. The fourth-order valence-electron chi connectivity index (χ4n) is 3.28. The van der Waals surface area contributed by atoms with Crippen molar-refractivity contribution in [3.63, 3.8) is 0 Å². The molecule has 2 aromatic carbocycles. The van der Waals surface area contributed by atoms with Crippen molar-refractivity contribution in [2.24, 2.45) is 0 Å². The van der Waals surface area contributed by atoms with Crippen molar-refractivity contribution >= 4 is 27.6 Å². The summed E-state index contributed by atoms with van der Waals surface area (Å²) in [5.41, 5.74) is 1.90. The van der Waals surface area contributed by atoms with Crippen LogP contribution in [0.5, 0.6) is 0 Å². The van der Waals surface area contributed by atoms with Gasteiger partial charge in [-0.05, 0) is 54.3 Å². The predicted octanol–water partition coefficient (Wildman–Crippen LogP) is 3.19. The number of sulfonamides is 1. The van der Waals surface area contributed by atoms with Gasteiger partial charge in [-0.25, -0.2) is 13.2 Å². The van der Waals surface area contributed by atoms with Crippen LogP contribution in [0, 0.1) is 0 Å². The number of esters is 1. The molecule has 178 valence electrons. The lowest BCUT2D eigenvalue weighted by Crippen LogP contribution is -2.40. The van der Waals surface area contributed by atoms with E-state index >= 15 is 0 Å². The van der Waals surface area contributed by atoms with Gasteiger partial charge < -0.3 is 14.8 Å². The Morgan fingerprint density at radius 1 is 1.00 bits per heavy atom. The third-order valence-electron chi connectivity index (χ3n) is 5.37. The number of rotatable bonds is 6. The van der Waals surface area contributed by atoms with Crippen LogP contribution in [0.2, 0.25) is 0 Å². The molecule has 0 saturated carbocycles. The molecule has 1 unspecified atom stereocenters. The third kappa shape index (κ3) is 6.19. The largest absolute Gasteiger partial charge is 0.449 e. The summed E-state index contributed by atoms with van der Waals surface area (Å²) >= 11 is 0. The summed E-state index contributed by atoms with van der Waals surface area (Å²) in [6.45, 7) is 9.07. The van der Waals surface area contributed by atoms with Gasteiger partial charge in [-0.1, -0.05) is 32.9 Å². The third-order valence-corrected chi connectivity index (χ3v) is 7.28. The van der Waals surface area contributed by atoms with Gasteiger partial charge in [-0.3, -0.25) is 4.79 Å². The highest BCUT2D eigenvalue weighted by molar-refractivity contribution is 7.89. The van der Waals surface area contributed by atoms with E-state index in [9.17, 15) is 18.0 Å². The van der Waals surface area contributed by atoms with Crippen LogP contribution in [-0.2, 0) is 29.7 Å². The van der Waals surface area contributed by atoms with E-state index in [1.807, 2.05) is 12.1 Å². The first kappa shape index (κ1) is 24.9. The minimum absolute atomic E-state index is 0.00242. The Hall–Kier alpha value is -2.75. The molecule has 1 atom stereocenters. The van der Waals surface area contributed by atoms with E-state index in [-0.39, 0.29) is 29.0 Å². The normalized spacial score (nSPS) is 16.1. The van der Waals surface area contributed by atoms with Crippen LogP contribution < -0.4 is 5.32 Å². The van der Waals surface area contributed by atoms with Gasteiger partial charge in [0.05, 0.1) is 23.7 Å². The summed E-state index contributed by atoms with van der Waals surface area (Å²) in [5, 5.41) is 2.73. The second-order valence-electron chi connectivity index (χ2n) is 8.90. The Balaban J connectivity index is 1.59. The van der Waals surface area contributed by atoms with Gasteiger partial charge in [-0.15, -0.1) is 0 Å². The number of nitrogens with one attached hydrogen (secondary N) is 1. The fraction of sp³-hybridized carbons (Fsp3) is 0.417. The van der Waals surface area contributed by atoms with Gasteiger partial charge in [0, 0.05) is 18.8 Å². The Kier molecular flexibility index (Phi) is 7.56. The molecule has 1 heterocycles. The van der Waals surface area contributed by atoms with Crippen molar-refractivity contribution in [2.45, 2.75) is 44.1 Å². The molecule has 0 aromatic heterocycles. The van der Waals surface area contributed by atoms with Crippen LogP contribution in [0.1, 0.15) is 43.6 Å². The molecule has 1 amide bonds. The fourth-order valence-corrected chi connectivity index (χ4v) is 4.69. The molecular formula is C24H30N2O6S. The van der Waals surface area contributed by atoms with Crippen LogP contribution >= 0.6 is 0 Å². The monoisotopic (exact) mass is 474 g/mol. The molecule has 1 aliphatic rings. The molecule has 3 rings (SSSR count). The van der Waals surface area contributed by atoms with Crippen molar-refractivity contribution in [2.75, 3.05) is 31.6 Å². The molecule has 2 aromatic rings. The van der Waals surface area contributed by atoms with Gasteiger partial charge in [-0.2, -0.15) is 4.31 Å². The molecule has 0 aliphatic carbocycles. The number of benzene rings is 2. The molecule has 1 fully saturated rings. The summed E-state index contributed by atoms with van der Waals surface area (Å²) in [5.74, 6) is -1.17. The molecule has 1 N–H and O–H groups in total. The second-order valence-corrected chi connectivity index (χ2v) is 10.8. The van der Waals surface area contributed by atoms with Crippen molar-refractivity contribution in [3.8, 4) is 0 Å². The highest BCUT2D eigenvalue weighted by atomic mass is 32.2. The predicted molar refractivity (Wildman–Crippen MR) is 125 cm³/mol. The molecule has 0 radical (unpaired) electrons. The van der Waals surface area contributed by atoms with Gasteiger partial charge in [0.1, 0.15) is 0 Å². The molecule has 1 aliphatic heterocycles. The standard InChI is InChI=1S/C24H30N2O6S/c1-17(22(27)25-20-9-7-19(8-10-20)24(2,3)4)32-23(28)18-5-11-21(12-6-18)33(29,30)26-13-15-31-16-14-26/h5-12,17H,13-16H2,1-4H3,(H,25,27). The Morgan fingerprint density at radius 2 is 1.58 bits per heavy atom. The molecule has 9 heteroatoms. The average Bonchev–Trinajstić information content (AvgIpc) is 2.79. The van der Waals surface area contributed by atoms with E-state index in [2.05, 4.69) is 26.1 Å². The lowest BCUT2D eigenvalue weighted by molar-refractivity contribution is -0.123. The van der Waals surface area contributed by atoms with Gasteiger partial charge in [0.25, 0.3) is 5.91 Å². The van der Waals surface area contributed by atoms with Crippen LogP contribution in [0.3, 0.4) is 0 Å². The van der Waals surface area contributed by atoms with Gasteiger partial charge >= 0.3 is 5.97 Å². The quantitative estimate of drug-likeness (QED) is 0.645. The van der Waals surface area contributed by atoms with Crippen LogP contribution in [0.15, 0.2) is 53.4 Å². The first-order chi connectivity index (χ1) is 15.5. The highest BCUT2D eigenvalue weighted by Crippen LogP contribution is 2.23. The maximum Gasteiger partial charge on any atom is 0.338 e. The zero-order valence-corrected chi connectivity index (χ0v) is 20.1. The van der Waals surface area contributed by atoms with Crippen molar-refractivity contribution in [3.05, 3.63) is 59.7 Å². The number of hydrogen-bond donors (Lipinski definition) is 1. The maximum atomic E-state index is 12.7. The van der Waals surface area contributed by atoms with Crippen LogP contribution in [0.25, 0.3) is 0 Å². The second kappa shape index (κ2) is 10.0. The Morgan fingerprint density at radius 3 is 2.12 bits per heavy atom. The van der Waals surface area contributed by atoms with E-state index < -0.39 is 28.0 Å². The number of hydrogen-bond acceptors (Lipinski definition) is 6. The first-order valence-electron chi connectivity index (χ1n) is 10.8. The number of carbonyl (C=O) groups is 2. The number of carbonyl (C=O) groups excluding carboxylic acids is 2. The number of amides is 1. The number of ether oxygens (including phenoxy) is 2. The highest BCUT2D eigenvalue weighted by Gasteiger charge is 2.27. The van der Waals surface area contributed by atoms with Crippen LogP contribution in [0.4, 0.5) is 5.69 Å².